The van der Waals surface area contributed by atoms with Crippen LogP contribution in [-0.2, 0) is 32.2 Å². The van der Waals surface area contributed by atoms with E-state index in [4.69, 9.17) is 9.47 Å². The molecule has 3 aromatic carbocycles. The molecule has 3 aromatic rings. The number of alkyl carbamates (subject to hydrolysis) is 2. The largest absolute Gasteiger partial charge is 0.444 e. The van der Waals surface area contributed by atoms with Crippen LogP contribution in [-0.4, -0.2) is 68.6 Å². The highest BCUT2D eigenvalue weighted by Crippen LogP contribution is 2.23. The van der Waals surface area contributed by atoms with Crippen molar-refractivity contribution in [3.63, 3.8) is 0 Å². The van der Waals surface area contributed by atoms with Crippen molar-refractivity contribution in [2.75, 3.05) is 13.3 Å². The van der Waals surface area contributed by atoms with Gasteiger partial charge in [-0.3, -0.25) is 9.59 Å². The summed E-state index contributed by atoms with van der Waals surface area (Å²) < 4.78 is 10.6. The standard InChI is InChI=1S/C40H46N4O8/c1-39(2,3)51-37(49)41-27-43(25-29-15-9-7-10-16-29)35(47)23-21-33(45)31-19-13-14-20-32(31)34(46)22-24-36(48)44(26-30-17-11-8-12-18-30)28-42-38(50)52-40(4,5)6/h7-20,33-34,45-46H,25-28H2,1-6H3,(H,41,49)(H,42,50). The van der Waals surface area contributed by atoms with E-state index in [-0.39, 0.29) is 37.6 Å². The molecule has 0 aliphatic carbocycles. The number of aliphatic hydroxyl groups excluding tert-OH is 2. The van der Waals surface area contributed by atoms with Gasteiger partial charge in [0.2, 0.25) is 0 Å². The number of nitrogens with one attached hydrogen (secondary N) is 2. The van der Waals surface area contributed by atoms with Crippen LogP contribution in [0.5, 0.6) is 0 Å². The van der Waals surface area contributed by atoms with Gasteiger partial charge in [-0.25, -0.2) is 9.59 Å². The zero-order valence-corrected chi connectivity index (χ0v) is 30.3. The number of hydrogen-bond donors (Lipinski definition) is 4. The molecule has 0 saturated carbocycles. The molecule has 0 fully saturated rings. The average molecular weight is 711 g/mol. The van der Waals surface area contributed by atoms with Gasteiger partial charge in [-0.1, -0.05) is 96.8 Å². The number of nitrogens with zero attached hydrogens (tertiary/aromatic N) is 2. The Morgan fingerprint density at radius 1 is 0.596 bits per heavy atom. The predicted octanol–water partition coefficient (Wildman–Crippen LogP) is 4.78. The molecule has 12 heteroatoms. The maximum Gasteiger partial charge on any atom is 0.409 e. The molecule has 0 heterocycles. The SMILES string of the molecule is CC(C)(C)OC(=O)NCN(Cc1ccccc1)C(=O)C#CC(O)c1ccccc1C(O)C#CC(=O)N(CNC(=O)OC(C)(C)C)Cc1ccccc1. The lowest BCUT2D eigenvalue weighted by Crippen LogP contribution is -2.42. The predicted molar refractivity (Wildman–Crippen MR) is 194 cm³/mol. The summed E-state index contributed by atoms with van der Waals surface area (Å²) in [6, 6.07) is 24.5. The fourth-order valence-corrected chi connectivity index (χ4v) is 4.54. The molecule has 4 amide bonds. The van der Waals surface area contributed by atoms with E-state index < -0.39 is 47.4 Å². The van der Waals surface area contributed by atoms with Gasteiger partial charge in [-0.15, -0.1) is 0 Å². The minimum absolute atomic E-state index is 0.119. The number of amides is 4. The molecule has 4 N–H and O–H groups in total. The first-order chi connectivity index (χ1) is 24.5. The Bertz CT molecular complexity index is 1660. The molecule has 0 aliphatic rings. The van der Waals surface area contributed by atoms with Crippen molar-refractivity contribution < 1.29 is 38.9 Å². The van der Waals surface area contributed by atoms with Crippen LogP contribution in [0.15, 0.2) is 84.9 Å². The summed E-state index contributed by atoms with van der Waals surface area (Å²) in [4.78, 5) is 53.6. The summed E-state index contributed by atoms with van der Waals surface area (Å²) in [5, 5.41) is 27.2. The number of benzene rings is 3. The van der Waals surface area contributed by atoms with Crippen LogP contribution < -0.4 is 10.6 Å². The number of carbonyl (C=O) groups is 4. The minimum atomic E-state index is -1.52. The summed E-state index contributed by atoms with van der Waals surface area (Å²) in [5.74, 6) is 8.56. The van der Waals surface area contributed by atoms with Crippen molar-refractivity contribution in [2.24, 2.45) is 0 Å². The fraction of sp³-hybridized carbons (Fsp3) is 0.350. The molecule has 0 saturated heterocycles. The topological polar surface area (TPSA) is 158 Å². The first-order valence-corrected chi connectivity index (χ1v) is 16.6. The van der Waals surface area contributed by atoms with Crippen LogP contribution in [0.4, 0.5) is 9.59 Å². The quantitative estimate of drug-likeness (QED) is 0.173. The molecule has 52 heavy (non-hydrogen) atoms. The number of carbonyl (C=O) groups excluding carboxylic acids is 4. The third kappa shape index (κ3) is 14.6. The molecule has 2 unspecified atom stereocenters. The zero-order chi connectivity index (χ0) is 38.3. The Kier molecular flexibility index (Phi) is 14.8. The maximum absolute atomic E-state index is 13.2. The van der Waals surface area contributed by atoms with E-state index in [2.05, 4.69) is 34.3 Å². The second kappa shape index (κ2) is 19.0. The molecule has 0 radical (unpaired) electrons. The van der Waals surface area contributed by atoms with Crippen LogP contribution >= 0.6 is 0 Å². The van der Waals surface area contributed by atoms with Gasteiger partial charge in [0.15, 0.2) is 0 Å². The Labute approximate surface area is 305 Å². The van der Waals surface area contributed by atoms with Crippen molar-refractivity contribution >= 4 is 24.0 Å². The third-order valence-corrected chi connectivity index (χ3v) is 6.85. The molecule has 0 aliphatic heterocycles. The van der Waals surface area contributed by atoms with Gasteiger partial charge in [-0.2, -0.15) is 0 Å². The van der Waals surface area contributed by atoms with E-state index in [1.54, 1.807) is 53.7 Å². The second-order valence-corrected chi connectivity index (χ2v) is 13.6. The number of aliphatic hydroxyl groups is 2. The van der Waals surface area contributed by atoms with E-state index in [1.807, 2.05) is 60.7 Å². The van der Waals surface area contributed by atoms with Crippen molar-refractivity contribution in [2.45, 2.75) is 78.0 Å². The Morgan fingerprint density at radius 2 is 0.923 bits per heavy atom. The van der Waals surface area contributed by atoms with Crippen LogP contribution in [0.1, 0.15) is 76.0 Å². The lowest BCUT2D eigenvalue weighted by Gasteiger charge is -2.24. The first-order valence-electron chi connectivity index (χ1n) is 16.6. The van der Waals surface area contributed by atoms with E-state index in [9.17, 15) is 29.4 Å². The highest BCUT2D eigenvalue weighted by molar-refractivity contribution is 5.94. The molecule has 0 spiro atoms. The monoisotopic (exact) mass is 710 g/mol. The Morgan fingerprint density at radius 3 is 1.25 bits per heavy atom. The van der Waals surface area contributed by atoms with Crippen molar-refractivity contribution in [1.82, 2.24) is 20.4 Å². The summed E-state index contributed by atoms with van der Waals surface area (Å²) in [6.45, 7) is 10.1. The average Bonchev–Trinajstić information content (AvgIpc) is 3.08. The molecule has 2 atom stereocenters. The lowest BCUT2D eigenvalue weighted by atomic mass is 9.98. The van der Waals surface area contributed by atoms with E-state index in [0.29, 0.717) is 0 Å². The van der Waals surface area contributed by atoms with Crippen molar-refractivity contribution in [1.29, 1.82) is 0 Å². The molecule has 12 nitrogen and oxygen atoms in total. The van der Waals surface area contributed by atoms with Gasteiger partial charge in [-0.05, 0) is 75.6 Å². The molecule has 0 bridgehead atoms. The number of hydrogen-bond acceptors (Lipinski definition) is 8. The van der Waals surface area contributed by atoms with Gasteiger partial charge in [0.1, 0.15) is 23.4 Å². The van der Waals surface area contributed by atoms with Crippen LogP contribution in [0.3, 0.4) is 0 Å². The van der Waals surface area contributed by atoms with Crippen molar-refractivity contribution in [3.05, 3.63) is 107 Å². The van der Waals surface area contributed by atoms with E-state index >= 15 is 0 Å². The molecule has 3 rings (SSSR count). The molecule has 274 valence electrons. The third-order valence-electron chi connectivity index (χ3n) is 6.85. The maximum atomic E-state index is 13.2. The normalized spacial score (nSPS) is 12.0. The molecular formula is C40H46N4O8. The van der Waals surface area contributed by atoms with E-state index in [0.717, 1.165) is 11.1 Å². The summed E-state index contributed by atoms with van der Waals surface area (Å²) >= 11 is 0. The molecular weight excluding hydrogens is 664 g/mol. The van der Waals surface area contributed by atoms with Gasteiger partial charge in [0.05, 0.1) is 13.3 Å². The van der Waals surface area contributed by atoms with Gasteiger partial charge in [0.25, 0.3) is 11.8 Å². The summed E-state index contributed by atoms with van der Waals surface area (Å²) in [5.41, 5.74) is 0.441. The fourth-order valence-electron chi connectivity index (χ4n) is 4.54. The van der Waals surface area contributed by atoms with Crippen LogP contribution in [0.2, 0.25) is 0 Å². The van der Waals surface area contributed by atoms with Crippen molar-refractivity contribution in [3.8, 4) is 23.7 Å². The Hall–Kier alpha value is -5.82. The summed E-state index contributed by atoms with van der Waals surface area (Å²) in [7, 11) is 0. The van der Waals surface area contributed by atoms with E-state index in [1.165, 1.54) is 21.9 Å². The highest BCUT2D eigenvalue weighted by Gasteiger charge is 2.21. The van der Waals surface area contributed by atoms with Crippen LogP contribution in [0.25, 0.3) is 0 Å². The number of ether oxygens (including phenoxy) is 2. The zero-order valence-electron chi connectivity index (χ0n) is 30.3. The van der Waals surface area contributed by atoms with Gasteiger partial charge < -0.3 is 40.1 Å². The highest BCUT2D eigenvalue weighted by atomic mass is 16.6. The smallest absolute Gasteiger partial charge is 0.409 e. The minimum Gasteiger partial charge on any atom is -0.444 e. The lowest BCUT2D eigenvalue weighted by molar-refractivity contribution is -0.126. The number of rotatable bonds is 10. The van der Waals surface area contributed by atoms with Crippen LogP contribution in [0, 0.1) is 23.7 Å². The second-order valence-electron chi connectivity index (χ2n) is 13.6. The van der Waals surface area contributed by atoms with Gasteiger partial charge >= 0.3 is 12.2 Å². The first kappa shape index (κ1) is 40.6. The summed E-state index contributed by atoms with van der Waals surface area (Å²) in [6.07, 6.45) is -4.46. The van der Waals surface area contributed by atoms with Gasteiger partial charge in [0, 0.05) is 13.1 Å². The Balaban J connectivity index is 1.78. The molecule has 0 aromatic heterocycles.